The second-order valence-electron chi connectivity index (χ2n) is 6.46. The lowest BCUT2D eigenvalue weighted by molar-refractivity contribution is 0.211. The van der Waals surface area contributed by atoms with Gasteiger partial charge in [0.15, 0.2) is 0 Å². The maximum absolute atomic E-state index is 6.00. The minimum absolute atomic E-state index is 0.612. The van der Waals surface area contributed by atoms with Gasteiger partial charge in [-0.25, -0.2) is 0 Å². The van der Waals surface area contributed by atoms with Crippen molar-refractivity contribution in [3.63, 3.8) is 0 Å². The van der Waals surface area contributed by atoms with Crippen LogP contribution in [-0.2, 0) is 6.54 Å². The molecule has 0 aromatic heterocycles. The fourth-order valence-electron chi connectivity index (χ4n) is 3.88. The third-order valence-electron chi connectivity index (χ3n) is 4.91. The molecule has 1 saturated heterocycles. The Balaban J connectivity index is 1.48. The number of thioether (sulfide) groups is 1. The van der Waals surface area contributed by atoms with Crippen LogP contribution in [-0.4, -0.2) is 27.6 Å². The van der Waals surface area contributed by atoms with Gasteiger partial charge in [0, 0.05) is 39.1 Å². The van der Waals surface area contributed by atoms with Crippen molar-refractivity contribution >= 4 is 39.3 Å². The summed E-state index contributed by atoms with van der Waals surface area (Å²) >= 11 is 12.0. The Morgan fingerprint density at radius 3 is 2.52 bits per heavy atom. The number of rotatable bonds is 4. The lowest BCUT2D eigenvalue weighted by Crippen LogP contribution is -2.40. The molecule has 0 N–H and O–H groups in total. The summed E-state index contributed by atoms with van der Waals surface area (Å²) < 4.78 is 0. The highest BCUT2D eigenvalue weighted by atomic mass is 79.9. The van der Waals surface area contributed by atoms with Crippen LogP contribution in [0.3, 0.4) is 0 Å². The van der Waals surface area contributed by atoms with E-state index in [4.69, 9.17) is 11.6 Å². The molecule has 2 bridgehead atoms. The third-order valence-corrected chi connectivity index (χ3v) is 7.77. The number of alkyl halides is 1. The summed E-state index contributed by atoms with van der Waals surface area (Å²) in [5.74, 6) is 0.772. The van der Waals surface area contributed by atoms with Crippen molar-refractivity contribution in [3.8, 4) is 0 Å². The minimum atomic E-state index is 0.612. The van der Waals surface area contributed by atoms with Crippen molar-refractivity contribution in [2.45, 2.75) is 34.0 Å². The van der Waals surface area contributed by atoms with Crippen molar-refractivity contribution in [1.82, 2.24) is 4.90 Å². The van der Waals surface area contributed by atoms with E-state index in [1.165, 1.54) is 23.4 Å². The number of piperidine rings is 1. The van der Waals surface area contributed by atoms with Crippen LogP contribution in [0, 0.1) is 5.92 Å². The van der Waals surface area contributed by atoms with Crippen molar-refractivity contribution in [1.29, 1.82) is 0 Å². The number of hydrogen-bond donors (Lipinski definition) is 0. The predicted molar refractivity (Wildman–Crippen MR) is 103 cm³/mol. The highest BCUT2D eigenvalue weighted by molar-refractivity contribution is 9.09. The fourth-order valence-corrected chi connectivity index (χ4v) is 6.76. The number of hydrogen-bond acceptors (Lipinski definition) is 2. The second kappa shape index (κ2) is 6.79. The van der Waals surface area contributed by atoms with E-state index >= 15 is 0 Å². The summed E-state index contributed by atoms with van der Waals surface area (Å²) in [7, 11) is 0. The molecule has 0 spiro atoms. The summed E-state index contributed by atoms with van der Waals surface area (Å²) in [4.78, 5) is 4.61. The second-order valence-corrected chi connectivity index (χ2v) is 9.26. The highest BCUT2D eigenvalue weighted by Crippen LogP contribution is 2.49. The molecule has 2 aromatic carbocycles. The molecule has 0 amide bonds. The molecule has 1 saturated carbocycles. The maximum Gasteiger partial charge on any atom is 0.0406 e. The van der Waals surface area contributed by atoms with Crippen LogP contribution in [0.2, 0.25) is 5.02 Å². The Labute approximate surface area is 155 Å². The molecule has 1 nitrogen and oxygen atoms in total. The Kier molecular flexibility index (Phi) is 4.73. The van der Waals surface area contributed by atoms with Crippen molar-refractivity contribution in [3.05, 3.63) is 65.2 Å². The van der Waals surface area contributed by atoms with Crippen LogP contribution in [0.4, 0.5) is 0 Å². The molecule has 2 fully saturated rings. The quantitative estimate of drug-likeness (QED) is 0.617. The molecule has 1 aliphatic carbocycles. The van der Waals surface area contributed by atoms with Gasteiger partial charge in [0.2, 0.25) is 0 Å². The van der Waals surface area contributed by atoms with Crippen molar-refractivity contribution in [2.24, 2.45) is 5.92 Å². The molecule has 23 heavy (non-hydrogen) atoms. The molecule has 0 unspecified atom stereocenters. The number of fused-ring (bicyclic) bond motifs is 2. The zero-order valence-electron chi connectivity index (χ0n) is 12.7. The van der Waals surface area contributed by atoms with E-state index in [0.717, 1.165) is 17.5 Å². The zero-order valence-corrected chi connectivity index (χ0v) is 15.9. The normalized spacial score (nSPS) is 30.0. The van der Waals surface area contributed by atoms with Gasteiger partial charge >= 0.3 is 0 Å². The molecule has 2 aromatic rings. The standard InChI is InChI=1S/C19H19BrClNS/c20-18-14-10-17(23-16-8-6-15(21)7-9-16)19(18)22(12-14)11-13-4-2-1-3-5-13/h1-9,14,17-19H,10-12H2/t14-,17+,18+,19+/m0/s1. The summed E-state index contributed by atoms with van der Waals surface area (Å²) in [6.45, 7) is 2.27. The van der Waals surface area contributed by atoms with E-state index < -0.39 is 0 Å². The summed E-state index contributed by atoms with van der Waals surface area (Å²) in [5, 5.41) is 1.47. The van der Waals surface area contributed by atoms with Gasteiger partial charge in [-0.2, -0.15) is 0 Å². The average Bonchev–Trinajstić information content (AvgIpc) is 3.02. The molecular weight excluding hydrogens is 390 g/mol. The van der Waals surface area contributed by atoms with Gasteiger partial charge in [0.05, 0.1) is 0 Å². The van der Waals surface area contributed by atoms with E-state index in [2.05, 4.69) is 63.3 Å². The van der Waals surface area contributed by atoms with E-state index in [1.807, 2.05) is 23.9 Å². The topological polar surface area (TPSA) is 3.24 Å². The Morgan fingerprint density at radius 2 is 1.83 bits per heavy atom. The fraction of sp³-hybridized carbons (Fsp3) is 0.368. The summed E-state index contributed by atoms with van der Waals surface area (Å²) in [6, 6.07) is 19.7. The van der Waals surface area contributed by atoms with E-state index in [-0.39, 0.29) is 0 Å². The highest BCUT2D eigenvalue weighted by Gasteiger charge is 2.51. The lowest BCUT2D eigenvalue weighted by Gasteiger charge is -2.33. The smallest absolute Gasteiger partial charge is 0.0406 e. The van der Waals surface area contributed by atoms with Gasteiger partial charge in [0.1, 0.15) is 0 Å². The number of halogens is 2. The molecular formula is C19H19BrClNS. The van der Waals surface area contributed by atoms with Gasteiger partial charge in [-0.15, -0.1) is 11.8 Å². The Morgan fingerprint density at radius 1 is 1.09 bits per heavy atom. The van der Waals surface area contributed by atoms with E-state index in [9.17, 15) is 0 Å². The van der Waals surface area contributed by atoms with Crippen molar-refractivity contribution < 1.29 is 0 Å². The molecule has 4 atom stereocenters. The van der Waals surface area contributed by atoms with Gasteiger partial charge in [-0.1, -0.05) is 57.9 Å². The van der Waals surface area contributed by atoms with Gasteiger partial charge in [0.25, 0.3) is 0 Å². The van der Waals surface area contributed by atoms with Crippen LogP contribution in [0.5, 0.6) is 0 Å². The Hall–Kier alpha value is -0.480. The number of benzene rings is 2. The first-order valence-corrected chi connectivity index (χ1v) is 10.2. The molecule has 0 radical (unpaired) electrons. The van der Waals surface area contributed by atoms with E-state index in [1.54, 1.807) is 0 Å². The first-order valence-electron chi connectivity index (χ1n) is 8.05. The van der Waals surface area contributed by atoms with Gasteiger partial charge in [-0.3, -0.25) is 4.90 Å². The van der Waals surface area contributed by atoms with Crippen LogP contribution in [0.25, 0.3) is 0 Å². The molecule has 1 heterocycles. The molecule has 1 aliphatic heterocycles. The maximum atomic E-state index is 6.00. The van der Waals surface area contributed by atoms with Crippen LogP contribution >= 0.6 is 39.3 Å². The number of likely N-dealkylation sites (tertiary alicyclic amines) is 1. The minimum Gasteiger partial charge on any atom is -0.294 e. The molecule has 4 heteroatoms. The lowest BCUT2D eigenvalue weighted by atomic mass is 10.1. The third kappa shape index (κ3) is 3.34. The first kappa shape index (κ1) is 16.0. The average molecular weight is 409 g/mol. The van der Waals surface area contributed by atoms with Crippen LogP contribution in [0.15, 0.2) is 59.5 Å². The summed E-state index contributed by atoms with van der Waals surface area (Å²) in [6.07, 6.45) is 1.30. The largest absolute Gasteiger partial charge is 0.294 e. The van der Waals surface area contributed by atoms with Gasteiger partial charge < -0.3 is 0 Å². The Bertz CT molecular complexity index is 663. The van der Waals surface area contributed by atoms with E-state index in [0.29, 0.717) is 16.1 Å². The molecule has 4 rings (SSSR count). The molecule has 120 valence electrons. The number of nitrogens with zero attached hydrogens (tertiary/aromatic N) is 1. The SMILES string of the molecule is Clc1ccc(S[C@@H]2C[C@H]3CN(Cc4ccccc4)[C@H]2[C@@H]3Br)cc1. The molecule has 2 aliphatic rings. The van der Waals surface area contributed by atoms with Crippen molar-refractivity contribution in [2.75, 3.05) is 6.54 Å². The van der Waals surface area contributed by atoms with Crippen LogP contribution in [0.1, 0.15) is 12.0 Å². The first-order chi connectivity index (χ1) is 11.2. The van der Waals surface area contributed by atoms with Gasteiger partial charge in [-0.05, 0) is 42.2 Å². The predicted octanol–water partition coefficient (Wildman–Crippen LogP) is 5.47. The summed E-state index contributed by atoms with van der Waals surface area (Å²) in [5.41, 5.74) is 1.41. The monoisotopic (exact) mass is 407 g/mol. The van der Waals surface area contributed by atoms with Crippen LogP contribution < -0.4 is 0 Å². The zero-order chi connectivity index (χ0) is 15.8.